The van der Waals surface area contributed by atoms with Gasteiger partial charge in [-0.3, -0.25) is 9.59 Å². The van der Waals surface area contributed by atoms with Gasteiger partial charge in [0.15, 0.2) is 11.5 Å². The molecule has 0 N–H and O–H groups in total. The van der Waals surface area contributed by atoms with Crippen LogP contribution in [0.5, 0.6) is 23.0 Å². The average molecular weight is 499 g/mol. The van der Waals surface area contributed by atoms with Gasteiger partial charge in [0.2, 0.25) is 0 Å². The normalized spacial score (nSPS) is 10.5. The Morgan fingerprint density at radius 3 is 2.17 bits per heavy atom. The van der Waals surface area contributed by atoms with Crippen molar-refractivity contribution in [1.29, 1.82) is 0 Å². The van der Waals surface area contributed by atoms with E-state index >= 15 is 0 Å². The van der Waals surface area contributed by atoms with E-state index in [-0.39, 0.29) is 19.7 Å². The number of aromatic nitrogens is 1. The van der Waals surface area contributed by atoms with E-state index in [0.29, 0.717) is 34.3 Å². The highest BCUT2D eigenvalue weighted by atomic mass is 16.5. The number of hydrogen-bond acceptors (Lipinski definition) is 9. The molecule has 0 fully saturated rings. The van der Waals surface area contributed by atoms with Crippen LogP contribution in [0.2, 0.25) is 0 Å². The van der Waals surface area contributed by atoms with Crippen molar-refractivity contribution in [2.75, 3.05) is 35.0 Å². The first-order valence-corrected chi connectivity index (χ1v) is 11.1. The minimum absolute atomic E-state index is 0.119. The van der Waals surface area contributed by atoms with Crippen LogP contribution in [0.1, 0.15) is 32.9 Å². The monoisotopic (exact) mass is 498 g/mol. The lowest BCUT2D eigenvalue weighted by molar-refractivity contribution is -0.141. The van der Waals surface area contributed by atoms with E-state index in [1.165, 1.54) is 33.3 Å². The second kappa shape index (κ2) is 12.0. The van der Waals surface area contributed by atoms with Crippen molar-refractivity contribution in [3.63, 3.8) is 0 Å². The maximum absolute atomic E-state index is 13.5. The number of aryl methyl sites for hydroxylation is 2. The molecule has 3 aromatic rings. The molecule has 0 aliphatic carbocycles. The smallest absolute Gasteiger partial charge is 0.325 e. The first-order chi connectivity index (χ1) is 17.3. The van der Waals surface area contributed by atoms with Crippen molar-refractivity contribution in [2.45, 2.75) is 27.0 Å². The van der Waals surface area contributed by atoms with Gasteiger partial charge in [0, 0.05) is 18.2 Å². The Morgan fingerprint density at radius 1 is 0.917 bits per heavy atom. The van der Waals surface area contributed by atoms with E-state index in [9.17, 15) is 9.59 Å². The molecule has 0 bridgehead atoms. The fourth-order valence-electron chi connectivity index (χ4n) is 3.56. The number of benzene rings is 2. The minimum atomic E-state index is -0.551. The molecule has 1 amide bonds. The van der Waals surface area contributed by atoms with Crippen molar-refractivity contribution in [2.24, 2.45) is 0 Å². The highest BCUT2D eigenvalue weighted by molar-refractivity contribution is 5.96. The number of amides is 1. The van der Waals surface area contributed by atoms with E-state index in [2.05, 4.69) is 5.16 Å². The number of esters is 1. The van der Waals surface area contributed by atoms with Crippen LogP contribution >= 0.6 is 0 Å². The summed E-state index contributed by atoms with van der Waals surface area (Å²) in [5, 5.41) is 3.92. The Morgan fingerprint density at radius 2 is 1.61 bits per heavy atom. The molecule has 1 aromatic heterocycles. The molecular weight excluding hydrogens is 468 g/mol. The van der Waals surface area contributed by atoms with Gasteiger partial charge in [-0.25, -0.2) is 0 Å². The summed E-state index contributed by atoms with van der Waals surface area (Å²) >= 11 is 0. The van der Waals surface area contributed by atoms with Crippen LogP contribution in [0.4, 0.5) is 0 Å². The van der Waals surface area contributed by atoms with Crippen LogP contribution in [0, 0.1) is 13.8 Å². The van der Waals surface area contributed by atoms with Gasteiger partial charge in [0.25, 0.3) is 5.91 Å². The van der Waals surface area contributed by atoms with E-state index < -0.39 is 11.9 Å². The molecule has 0 spiro atoms. The maximum atomic E-state index is 13.5. The predicted molar refractivity (Wildman–Crippen MR) is 130 cm³/mol. The van der Waals surface area contributed by atoms with Gasteiger partial charge in [0.05, 0.1) is 39.7 Å². The summed E-state index contributed by atoms with van der Waals surface area (Å²) in [6.45, 7) is 3.75. The third-order valence-electron chi connectivity index (χ3n) is 5.58. The first-order valence-electron chi connectivity index (χ1n) is 11.1. The van der Waals surface area contributed by atoms with Gasteiger partial charge in [-0.1, -0.05) is 5.16 Å². The highest BCUT2D eigenvalue weighted by Crippen LogP contribution is 2.30. The molecule has 0 aliphatic heterocycles. The molecule has 0 aliphatic rings. The topological polar surface area (TPSA) is 110 Å². The van der Waals surface area contributed by atoms with E-state index in [4.69, 9.17) is 28.2 Å². The SMILES string of the molecule is COC(=O)CN(Cc1cc(OC)cc(OC)c1)C(=O)c1ccc(OCc2c(C)noc2C)c(OC)c1. The van der Waals surface area contributed by atoms with Crippen LogP contribution in [0.3, 0.4) is 0 Å². The Balaban J connectivity index is 1.86. The minimum Gasteiger partial charge on any atom is -0.497 e. The largest absolute Gasteiger partial charge is 0.497 e. The maximum Gasteiger partial charge on any atom is 0.325 e. The summed E-state index contributed by atoms with van der Waals surface area (Å²) < 4.78 is 32.0. The average Bonchev–Trinajstić information content (AvgIpc) is 3.22. The Hall–Kier alpha value is -4.21. The van der Waals surface area contributed by atoms with Crippen LogP contribution in [-0.4, -0.2) is 56.9 Å². The number of carbonyl (C=O) groups is 2. The summed E-state index contributed by atoms with van der Waals surface area (Å²) in [6, 6.07) is 10.1. The molecule has 0 atom stereocenters. The predicted octanol–water partition coefficient (Wildman–Crippen LogP) is 3.71. The zero-order valence-electron chi connectivity index (χ0n) is 21.2. The summed E-state index contributed by atoms with van der Waals surface area (Å²) in [4.78, 5) is 26.9. The Kier molecular flexibility index (Phi) is 8.77. The summed E-state index contributed by atoms with van der Waals surface area (Å²) in [5.74, 6) is 1.68. The summed E-state index contributed by atoms with van der Waals surface area (Å²) in [5.41, 5.74) is 2.62. The molecule has 1 heterocycles. The molecule has 10 heteroatoms. The van der Waals surface area contributed by atoms with Crippen molar-refractivity contribution in [3.05, 3.63) is 64.5 Å². The zero-order chi connectivity index (χ0) is 26.2. The quantitative estimate of drug-likeness (QED) is 0.365. The second-order valence-corrected chi connectivity index (χ2v) is 7.92. The molecule has 36 heavy (non-hydrogen) atoms. The molecule has 0 saturated heterocycles. The number of carbonyl (C=O) groups excluding carboxylic acids is 2. The molecule has 0 radical (unpaired) electrons. The molecular formula is C26H30N2O8. The van der Waals surface area contributed by atoms with E-state index in [1.807, 2.05) is 13.8 Å². The summed E-state index contributed by atoms with van der Waals surface area (Å²) in [6.07, 6.45) is 0. The van der Waals surface area contributed by atoms with E-state index in [1.54, 1.807) is 36.4 Å². The number of methoxy groups -OCH3 is 4. The standard InChI is InChI=1S/C26H30N2O8/c1-16-22(17(2)36-27-16)15-35-23-8-7-19(11-24(23)33-5)26(30)28(14-25(29)34-6)13-18-9-20(31-3)12-21(10-18)32-4/h7-12H,13-15H2,1-6H3. The number of hydrogen-bond donors (Lipinski definition) is 0. The van der Waals surface area contributed by atoms with Crippen LogP contribution in [0.15, 0.2) is 40.9 Å². The lowest BCUT2D eigenvalue weighted by atomic mass is 10.1. The molecule has 10 nitrogen and oxygen atoms in total. The third-order valence-corrected chi connectivity index (χ3v) is 5.58. The first kappa shape index (κ1) is 26.4. The van der Waals surface area contributed by atoms with Gasteiger partial charge < -0.3 is 33.1 Å². The lowest BCUT2D eigenvalue weighted by Gasteiger charge is -2.23. The van der Waals surface area contributed by atoms with Crippen molar-refractivity contribution < 1.29 is 37.8 Å². The Labute approximate surface area is 209 Å². The molecule has 3 rings (SSSR count). The van der Waals surface area contributed by atoms with Gasteiger partial charge in [-0.15, -0.1) is 0 Å². The van der Waals surface area contributed by atoms with Crippen molar-refractivity contribution in [1.82, 2.24) is 10.1 Å². The van der Waals surface area contributed by atoms with Gasteiger partial charge >= 0.3 is 5.97 Å². The van der Waals surface area contributed by atoms with Crippen LogP contribution in [0.25, 0.3) is 0 Å². The van der Waals surface area contributed by atoms with Gasteiger partial charge in [0.1, 0.15) is 30.4 Å². The van der Waals surface area contributed by atoms with Crippen LogP contribution < -0.4 is 18.9 Å². The molecule has 2 aromatic carbocycles. The van der Waals surface area contributed by atoms with Crippen molar-refractivity contribution in [3.8, 4) is 23.0 Å². The van der Waals surface area contributed by atoms with Gasteiger partial charge in [-0.05, 0) is 49.7 Å². The van der Waals surface area contributed by atoms with E-state index in [0.717, 1.165) is 16.8 Å². The number of nitrogens with zero attached hydrogens (tertiary/aromatic N) is 2. The number of rotatable bonds is 11. The second-order valence-electron chi connectivity index (χ2n) is 7.92. The Bertz CT molecular complexity index is 1180. The molecule has 192 valence electrons. The van der Waals surface area contributed by atoms with Gasteiger partial charge in [-0.2, -0.15) is 0 Å². The fraction of sp³-hybridized carbons (Fsp3) is 0.346. The molecule has 0 unspecified atom stereocenters. The number of ether oxygens (including phenoxy) is 5. The third kappa shape index (κ3) is 6.26. The summed E-state index contributed by atoms with van der Waals surface area (Å²) in [7, 11) is 5.84. The van der Waals surface area contributed by atoms with Crippen LogP contribution in [-0.2, 0) is 22.7 Å². The highest BCUT2D eigenvalue weighted by Gasteiger charge is 2.22. The lowest BCUT2D eigenvalue weighted by Crippen LogP contribution is -2.35. The molecule has 0 saturated carbocycles. The zero-order valence-corrected chi connectivity index (χ0v) is 21.2. The van der Waals surface area contributed by atoms with Crippen molar-refractivity contribution >= 4 is 11.9 Å². The fourth-order valence-corrected chi connectivity index (χ4v) is 3.56.